The van der Waals surface area contributed by atoms with Gasteiger partial charge < -0.3 is 15.0 Å². The number of nitrogens with zero attached hydrogens (tertiary/aromatic N) is 2. The maximum atomic E-state index is 14.8. The van der Waals surface area contributed by atoms with Crippen LogP contribution in [0.25, 0.3) is 0 Å². The van der Waals surface area contributed by atoms with Gasteiger partial charge in [0.05, 0.1) is 17.7 Å². The molecule has 0 radical (unpaired) electrons. The normalized spacial score (nSPS) is 14.1. The van der Waals surface area contributed by atoms with E-state index < -0.39 is 28.5 Å². The molecule has 49 heavy (non-hydrogen) atoms. The van der Waals surface area contributed by atoms with Crippen molar-refractivity contribution in [1.82, 2.24) is 10.2 Å². The SMILES string of the molecule is COc1ccc(C)cc1N(CC(=O)N(Cc1ccc(Br)cc1)C(Cc1ccccc1)C(=O)NC1CCCCC1)S(=O)(=O)c1ccc(C)cc1. The molecule has 4 aromatic rings. The van der Waals surface area contributed by atoms with Crippen LogP contribution >= 0.6 is 15.9 Å². The van der Waals surface area contributed by atoms with Gasteiger partial charge in [0.15, 0.2) is 0 Å². The first-order valence-corrected chi connectivity index (χ1v) is 18.9. The molecule has 0 bridgehead atoms. The average molecular weight is 747 g/mol. The van der Waals surface area contributed by atoms with E-state index in [1.54, 1.807) is 36.4 Å². The Labute approximate surface area is 298 Å². The van der Waals surface area contributed by atoms with Crippen molar-refractivity contribution in [2.75, 3.05) is 18.0 Å². The fraction of sp³-hybridized carbons (Fsp3) is 0.333. The lowest BCUT2D eigenvalue weighted by Crippen LogP contribution is -2.55. The summed E-state index contributed by atoms with van der Waals surface area (Å²) in [5, 5.41) is 3.25. The summed E-state index contributed by atoms with van der Waals surface area (Å²) in [7, 11) is -2.79. The Morgan fingerprint density at radius 2 is 1.51 bits per heavy atom. The summed E-state index contributed by atoms with van der Waals surface area (Å²) >= 11 is 3.49. The van der Waals surface area contributed by atoms with Gasteiger partial charge in [0, 0.05) is 23.5 Å². The molecule has 258 valence electrons. The number of nitrogens with one attached hydrogen (secondary N) is 1. The maximum Gasteiger partial charge on any atom is 0.264 e. The largest absolute Gasteiger partial charge is 0.495 e. The van der Waals surface area contributed by atoms with Crippen molar-refractivity contribution in [1.29, 1.82) is 0 Å². The van der Waals surface area contributed by atoms with Gasteiger partial charge in [-0.2, -0.15) is 0 Å². The van der Waals surface area contributed by atoms with Crippen LogP contribution in [0.2, 0.25) is 0 Å². The van der Waals surface area contributed by atoms with Crippen molar-refractivity contribution in [3.05, 3.63) is 124 Å². The van der Waals surface area contributed by atoms with Gasteiger partial charge >= 0.3 is 0 Å². The van der Waals surface area contributed by atoms with E-state index in [1.165, 1.54) is 12.0 Å². The third-order valence-corrected chi connectivity index (χ3v) is 11.3. The van der Waals surface area contributed by atoms with Crippen LogP contribution in [0.1, 0.15) is 54.4 Å². The Hall–Kier alpha value is -4.15. The molecular weight excluding hydrogens is 702 g/mol. The molecule has 1 saturated carbocycles. The Kier molecular flexibility index (Phi) is 12.2. The Morgan fingerprint density at radius 1 is 0.857 bits per heavy atom. The summed E-state index contributed by atoms with van der Waals surface area (Å²) in [4.78, 5) is 30.7. The number of anilines is 1. The fourth-order valence-corrected chi connectivity index (χ4v) is 7.91. The molecule has 10 heteroatoms. The number of carbonyl (C=O) groups is 2. The standard InChI is InChI=1S/C39H44BrN3O5S/c1-28-14-21-34(22-15-28)49(46,47)43(35-24-29(2)16-23-37(35)48-3)27-38(44)42(26-31-17-19-32(40)20-18-31)36(25-30-10-6-4-7-11-30)39(45)41-33-12-8-5-9-13-33/h4,6-7,10-11,14-24,33,36H,5,8-9,12-13,25-27H2,1-3H3,(H,41,45). The second-order valence-electron chi connectivity index (χ2n) is 12.7. The number of rotatable bonds is 13. The maximum absolute atomic E-state index is 14.8. The summed E-state index contributed by atoms with van der Waals surface area (Å²) in [6, 6.07) is 28.1. The number of hydrogen-bond donors (Lipinski definition) is 1. The molecule has 0 aromatic heterocycles. The highest BCUT2D eigenvalue weighted by atomic mass is 79.9. The van der Waals surface area contributed by atoms with Crippen LogP contribution in [0.3, 0.4) is 0 Å². The molecule has 1 aliphatic rings. The molecule has 0 spiro atoms. The lowest BCUT2D eigenvalue weighted by molar-refractivity contribution is -0.140. The van der Waals surface area contributed by atoms with E-state index in [9.17, 15) is 18.0 Å². The summed E-state index contributed by atoms with van der Waals surface area (Å²) in [6.07, 6.45) is 5.27. The van der Waals surface area contributed by atoms with Crippen molar-refractivity contribution in [2.24, 2.45) is 0 Å². The number of carbonyl (C=O) groups excluding carboxylic acids is 2. The molecule has 0 aliphatic heterocycles. The number of sulfonamides is 1. The van der Waals surface area contributed by atoms with Gasteiger partial charge in [0.1, 0.15) is 18.3 Å². The summed E-state index contributed by atoms with van der Waals surface area (Å²) < 4.78 is 36.5. The van der Waals surface area contributed by atoms with Crippen molar-refractivity contribution >= 4 is 43.5 Å². The molecule has 5 rings (SSSR count). The van der Waals surface area contributed by atoms with Gasteiger partial charge in [-0.1, -0.05) is 101 Å². The van der Waals surface area contributed by atoms with Crippen molar-refractivity contribution in [3.63, 3.8) is 0 Å². The Bertz CT molecular complexity index is 1830. The third-order valence-electron chi connectivity index (χ3n) is 8.98. The summed E-state index contributed by atoms with van der Waals surface area (Å²) in [6.45, 7) is 3.29. The number of hydrogen-bond acceptors (Lipinski definition) is 5. The van der Waals surface area contributed by atoms with E-state index in [0.29, 0.717) is 5.75 Å². The number of methoxy groups -OCH3 is 1. The van der Waals surface area contributed by atoms with Gasteiger partial charge in [-0.05, 0) is 79.8 Å². The second kappa shape index (κ2) is 16.5. The van der Waals surface area contributed by atoms with E-state index >= 15 is 0 Å². The highest BCUT2D eigenvalue weighted by Crippen LogP contribution is 2.34. The lowest BCUT2D eigenvalue weighted by Gasteiger charge is -2.35. The molecule has 1 N–H and O–H groups in total. The third kappa shape index (κ3) is 9.30. The fourth-order valence-electron chi connectivity index (χ4n) is 6.23. The smallest absolute Gasteiger partial charge is 0.264 e. The molecule has 0 heterocycles. The zero-order valence-electron chi connectivity index (χ0n) is 28.3. The van der Waals surface area contributed by atoms with Crippen LogP contribution in [0.5, 0.6) is 5.75 Å². The highest BCUT2D eigenvalue weighted by molar-refractivity contribution is 9.10. The molecule has 2 amide bonds. The minimum Gasteiger partial charge on any atom is -0.495 e. The molecule has 1 aliphatic carbocycles. The number of ether oxygens (including phenoxy) is 1. The van der Waals surface area contributed by atoms with Crippen molar-refractivity contribution in [2.45, 2.75) is 75.9 Å². The van der Waals surface area contributed by atoms with E-state index in [-0.39, 0.29) is 35.5 Å². The minimum atomic E-state index is -4.26. The summed E-state index contributed by atoms with van der Waals surface area (Å²) in [5.41, 5.74) is 3.65. The molecule has 1 fully saturated rings. The second-order valence-corrected chi connectivity index (χ2v) is 15.5. The van der Waals surface area contributed by atoms with Gasteiger partial charge in [0.2, 0.25) is 11.8 Å². The van der Waals surface area contributed by atoms with E-state index in [2.05, 4.69) is 21.2 Å². The van der Waals surface area contributed by atoms with Crippen LogP contribution in [0, 0.1) is 13.8 Å². The van der Waals surface area contributed by atoms with Crippen LogP contribution in [-0.4, -0.2) is 50.9 Å². The highest BCUT2D eigenvalue weighted by Gasteiger charge is 2.36. The van der Waals surface area contributed by atoms with Crippen LogP contribution in [0.4, 0.5) is 5.69 Å². The predicted molar refractivity (Wildman–Crippen MR) is 197 cm³/mol. The number of benzene rings is 4. The van der Waals surface area contributed by atoms with Gasteiger partial charge in [0.25, 0.3) is 10.0 Å². The topological polar surface area (TPSA) is 96.0 Å². The van der Waals surface area contributed by atoms with Crippen LogP contribution in [-0.2, 0) is 32.6 Å². The van der Waals surface area contributed by atoms with E-state index in [4.69, 9.17) is 4.74 Å². The molecular formula is C39H44BrN3O5S. The van der Waals surface area contributed by atoms with E-state index in [0.717, 1.165) is 63.1 Å². The zero-order valence-corrected chi connectivity index (χ0v) is 30.7. The number of aryl methyl sites for hydroxylation is 2. The predicted octanol–water partition coefficient (Wildman–Crippen LogP) is 7.36. The number of halogens is 1. The zero-order chi connectivity index (χ0) is 35.0. The van der Waals surface area contributed by atoms with Crippen LogP contribution < -0.4 is 14.4 Å². The summed E-state index contributed by atoms with van der Waals surface area (Å²) in [5.74, 6) is -0.450. The number of amides is 2. The monoisotopic (exact) mass is 745 g/mol. The van der Waals surface area contributed by atoms with E-state index in [1.807, 2.05) is 74.5 Å². The first-order valence-electron chi connectivity index (χ1n) is 16.7. The van der Waals surface area contributed by atoms with Gasteiger partial charge in [-0.25, -0.2) is 8.42 Å². The minimum absolute atomic E-state index is 0.0270. The van der Waals surface area contributed by atoms with Crippen molar-refractivity contribution in [3.8, 4) is 5.75 Å². The van der Waals surface area contributed by atoms with Crippen LogP contribution in [0.15, 0.2) is 106 Å². The molecule has 8 nitrogen and oxygen atoms in total. The quantitative estimate of drug-likeness (QED) is 0.154. The lowest BCUT2D eigenvalue weighted by atomic mass is 9.94. The molecule has 0 saturated heterocycles. The first kappa shape index (κ1) is 36.1. The average Bonchev–Trinajstić information content (AvgIpc) is 3.10. The van der Waals surface area contributed by atoms with Gasteiger partial charge in [-0.3, -0.25) is 13.9 Å². The first-order chi connectivity index (χ1) is 23.5. The van der Waals surface area contributed by atoms with Crippen molar-refractivity contribution < 1.29 is 22.7 Å². The Morgan fingerprint density at radius 3 is 2.16 bits per heavy atom. The molecule has 4 aromatic carbocycles. The van der Waals surface area contributed by atoms with Gasteiger partial charge in [-0.15, -0.1) is 0 Å². The molecule has 1 unspecified atom stereocenters. The Balaban J connectivity index is 1.60. The molecule has 1 atom stereocenters.